The first-order chi connectivity index (χ1) is 15.5. The Kier molecular flexibility index (Phi) is 4.95. The van der Waals surface area contributed by atoms with Gasteiger partial charge in [-0.1, -0.05) is 22.9 Å². The minimum Gasteiger partial charge on any atom is -0.507 e. The predicted octanol–water partition coefficient (Wildman–Crippen LogP) is 4.13. The third-order valence-corrected chi connectivity index (χ3v) is 6.38. The van der Waals surface area contributed by atoms with E-state index in [1.165, 1.54) is 0 Å². The van der Waals surface area contributed by atoms with Gasteiger partial charge in [-0.15, -0.1) is 15.3 Å². The quantitative estimate of drug-likeness (QED) is 0.467. The molecule has 1 aliphatic rings. The van der Waals surface area contributed by atoms with Crippen LogP contribution in [0.3, 0.4) is 0 Å². The minimum absolute atomic E-state index is 0.0250. The zero-order valence-electron chi connectivity index (χ0n) is 19.3. The lowest BCUT2D eigenvalue weighted by molar-refractivity contribution is 0.127. The molecule has 0 radical (unpaired) electrons. The summed E-state index contributed by atoms with van der Waals surface area (Å²) >= 11 is 6.20. The molecule has 3 aromatic heterocycles. The van der Waals surface area contributed by atoms with Crippen molar-refractivity contribution >= 4 is 22.8 Å². The van der Waals surface area contributed by atoms with Crippen molar-refractivity contribution in [2.75, 3.05) is 0 Å². The first-order valence-electron chi connectivity index (χ1n) is 10.9. The van der Waals surface area contributed by atoms with E-state index in [0.29, 0.717) is 27.6 Å². The number of aryl methyl sites for hydroxylation is 1. The van der Waals surface area contributed by atoms with Gasteiger partial charge in [0.25, 0.3) is 0 Å². The number of benzene rings is 1. The number of phenolic OH excluding ortho intramolecular Hbond substituents is 1. The summed E-state index contributed by atoms with van der Waals surface area (Å²) < 4.78 is 3.53. The lowest BCUT2D eigenvalue weighted by atomic mass is 9.80. The van der Waals surface area contributed by atoms with E-state index in [2.05, 4.69) is 58.6 Å². The summed E-state index contributed by atoms with van der Waals surface area (Å²) in [5.74, 6) is 0.0790. The summed E-state index contributed by atoms with van der Waals surface area (Å²) in [4.78, 5) is 0. The number of nitrogens with zero attached hydrogens (tertiary/aromatic N) is 7. The maximum Gasteiger partial charge on any atom is 0.201 e. The summed E-state index contributed by atoms with van der Waals surface area (Å²) in [5, 5.41) is 36.6. The molecule has 0 amide bonds. The van der Waals surface area contributed by atoms with Crippen LogP contribution >= 0.6 is 11.6 Å². The molecule has 172 valence electrons. The highest BCUT2D eigenvalue weighted by Crippen LogP contribution is 2.38. The van der Waals surface area contributed by atoms with E-state index in [9.17, 15) is 5.11 Å². The van der Waals surface area contributed by atoms with Crippen molar-refractivity contribution in [1.82, 2.24) is 40.3 Å². The molecule has 4 aromatic rings. The van der Waals surface area contributed by atoms with Crippen molar-refractivity contribution < 1.29 is 5.11 Å². The highest BCUT2D eigenvalue weighted by atomic mass is 35.5. The number of hydrogen-bond donors (Lipinski definition) is 2. The molecule has 33 heavy (non-hydrogen) atoms. The van der Waals surface area contributed by atoms with Gasteiger partial charge in [-0.3, -0.25) is 4.68 Å². The number of fused-ring (bicyclic) bond motifs is 1. The second-order valence-corrected chi connectivity index (χ2v) is 10.5. The van der Waals surface area contributed by atoms with Crippen LogP contribution in [-0.4, -0.2) is 51.2 Å². The van der Waals surface area contributed by atoms with E-state index in [-0.39, 0.29) is 22.9 Å². The lowest BCUT2D eigenvalue weighted by Gasteiger charge is -2.46. The second-order valence-electron chi connectivity index (χ2n) is 10.2. The monoisotopic (exact) mass is 466 g/mol. The van der Waals surface area contributed by atoms with Crippen molar-refractivity contribution in [1.29, 1.82) is 0 Å². The number of hydrogen-bond acceptors (Lipinski definition) is 7. The van der Waals surface area contributed by atoms with Gasteiger partial charge in [-0.05, 0) is 64.3 Å². The van der Waals surface area contributed by atoms with Crippen LogP contribution in [0, 0.1) is 0 Å². The molecule has 0 spiro atoms. The number of halogens is 1. The van der Waals surface area contributed by atoms with Gasteiger partial charge in [-0.25, -0.2) is 4.68 Å². The van der Waals surface area contributed by atoms with Crippen LogP contribution in [0.15, 0.2) is 30.5 Å². The van der Waals surface area contributed by atoms with Crippen molar-refractivity contribution in [2.45, 2.75) is 57.7 Å². The number of nitrogens with one attached hydrogen (secondary N) is 1. The second kappa shape index (κ2) is 7.50. The van der Waals surface area contributed by atoms with Crippen LogP contribution in [0.2, 0.25) is 5.15 Å². The van der Waals surface area contributed by atoms with Gasteiger partial charge in [0.2, 0.25) is 5.65 Å². The molecule has 1 saturated heterocycles. The van der Waals surface area contributed by atoms with E-state index in [0.717, 1.165) is 24.0 Å². The number of aromatic nitrogens is 7. The fourth-order valence-corrected chi connectivity index (χ4v) is 5.42. The molecule has 2 N–H and O–H groups in total. The van der Waals surface area contributed by atoms with Crippen LogP contribution in [0.25, 0.3) is 33.5 Å². The highest BCUT2D eigenvalue weighted by molar-refractivity contribution is 6.32. The summed E-state index contributed by atoms with van der Waals surface area (Å²) in [5.41, 5.74) is 3.85. The Hall–Kier alpha value is -3.04. The number of rotatable bonds is 3. The summed E-state index contributed by atoms with van der Waals surface area (Å²) in [6.07, 6.45) is 3.64. The van der Waals surface area contributed by atoms with Crippen LogP contribution in [-0.2, 0) is 7.05 Å². The van der Waals surface area contributed by atoms with Crippen molar-refractivity contribution in [3.63, 3.8) is 0 Å². The van der Waals surface area contributed by atoms with Crippen LogP contribution in [0.1, 0.15) is 46.6 Å². The molecule has 1 aromatic carbocycles. The maximum absolute atomic E-state index is 10.7. The average molecular weight is 467 g/mol. The zero-order chi connectivity index (χ0) is 23.5. The van der Waals surface area contributed by atoms with Crippen molar-refractivity contribution in [3.05, 3.63) is 35.6 Å². The maximum atomic E-state index is 10.7. The third kappa shape index (κ3) is 4.06. The fourth-order valence-electron chi connectivity index (χ4n) is 5.14. The molecule has 10 heteroatoms. The Labute approximate surface area is 196 Å². The summed E-state index contributed by atoms with van der Waals surface area (Å²) in [6, 6.07) is 7.31. The standard InChI is InChI=1S/C23H27ClN8O/c1-22(2)10-14(11-23(3,4)29-22)32-21-18(26-30-32)9-17(25-27-21)15-7-6-13(8-19(15)33)16-12-31(5)28-20(16)24/h6-9,12,14,29,33H,10-11H2,1-5H3. The fraction of sp³-hybridized carbons (Fsp3) is 0.435. The third-order valence-electron chi connectivity index (χ3n) is 6.10. The molecule has 0 bridgehead atoms. The van der Waals surface area contributed by atoms with Gasteiger partial charge in [0.05, 0.1) is 11.7 Å². The molecule has 0 unspecified atom stereocenters. The summed E-state index contributed by atoms with van der Waals surface area (Å²) in [7, 11) is 1.80. The Balaban J connectivity index is 1.48. The van der Waals surface area contributed by atoms with Gasteiger partial charge in [0.1, 0.15) is 11.3 Å². The van der Waals surface area contributed by atoms with E-state index in [4.69, 9.17) is 11.6 Å². The van der Waals surface area contributed by atoms with E-state index < -0.39 is 0 Å². The molecule has 1 aliphatic heterocycles. The van der Waals surface area contributed by atoms with Gasteiger partial charge >= 0.3 is 0 Å². The number of phenols is 1. The summed E-state index contributed by atoms with van der Waals surface area (Å²) in [6.45, 7) is 8.81. The van der Waals surface area contributed by atoms with E-state index in [1.807, 2.05) is 23.0 Å². The topological polar surface area (TPSA) is 107 Å². The largest absolute Gasteiger partial charge is 0.507 e. The van der Waals surface area contributed by atoms with Crippen molar-refractivity contribution in [2.24, 2.45) is 7.05 Å². The average Bonchev–Trinajstić information content (AvgIpc) is 3.27. The van der Waals surface area contributed by atoms with Crippen LogP contribution in [0.5, 0.6) is 5.75 Å². The Morgan fingerprint density at radius 1 is 1.03 bits per heavy atom. The lowest BCUT2D eigenvalue weighted by Crippen LogP contribution is -2.58. The van der Waals surface area contributed by atoms with Crippen LogP contribution in [0.4, 0.5) is 0 Å². The predicted molar refractivity (Wildman–Crippen MR) is 127 cm³/mol. The number of aromatic hydroxyl groups is 1. The van der Waals surface area contributed by atoms with E-state index >= 15 is 0 Å². The highest BCUT2D eigenvalue weighted by Gasteiger charge is 2.39. The Bertz CT molecular complexity index is 1340. The molecule has 5 rings (SSSR count). The minimum atomic E-state index is -0.0250. The Morgan fingerprint density at radius 3 is 2.39 bits per heavy atom. The SMILES string of the molecule is Cn1cc(-c2ccc(-c3cc4nnn(C5CC(C)(C)NC(C)(C)C5)c4nn3)c(O)c2)c(Cl)n1. The Morgan fingerprint density at radius 2 is 1.76 bits per heavy atom. The molecular weight excluding hydrogens is 440 g/mol. The molecule has 4 heterocycles. The number of piperidine rings is 1. The van der Waals surface area contributed by atoms with Crippen LogP contribution < -0.4 is 5.32 Å². The molecule has 1 fully saturated rings. The molecule has 9 nitrogen and oxygen atoms in total. The first-order valence-corrected chi connectivity index (χ1v) is 11.3. The van der Waals surface area contributed by atoms with Crippen molar-refractivity contribution in [3.8, 4) is 28.1 Å². The molecule has 0 atom stereocenters. The molecule has 0 saturated carbocycles. The van der Waals surface area contributed by atoms with Gasteiger partial charge in [0.15, 0.2) is 5.15 Å². The first kappa shape index (κ1) is 21.8. The van der Waals surface area contributed by atoms with Gasteiger partial charge in [-0.2, -0.15) is 5.10 Å². The van der Waals surface area contributed by atoms with Gasteiger partial charge < -0.3 is 10.4 Å². The molecule has 0 aliphatic carbocycles. The smallest absolute Gasteiger partial charge is 0.201 e. The molecular formula is C23H27ClN8O. The van der Waals surface area contributed by atoms with E-state index in [1.54, 1.807) is 23.9 Å². The zero-order valence-corrected chi connectivity index (χ0v) is 20.1. The van der Waals surface area contributed by atoms with Gasteiger partial charge in [0, 0.05) is 35.4 Å². The normalized spacial score (nSPS) is 18.1.